The number of aliphatic carboxylic acids is 1. The molecular weight excluding hydrogens is 216 g/mol. The summed E-state index contributed by atoms with van der Waals surface area (Å²) in [5.41, 5.74) is 0. The molecule has 6 nitrogen and oxygen atoms in total. The van der Waals surface area contributed by atoms with E-state index in [-0.39, 0.29) is 5.92 Å². The summed E-state index contributed by atoms with van der Waals surface area (Å²) in [5, 5.41) is 39.1. The van der Waals surface area contributed by atoms with Gasteiger partial charge in [0.15, 0.2) is 0 Å². The van der Waals surface area contributed by atoms with Crippen LogP contribution >= 0.6 is 0 Å². The molecule has 94 valence electrons. The van der Waals surface area contributed by atoms with Gasteiger partial charge in [0.05, 0.1) is 12.2 Å². The highest BCUT2D eigenvalue weighted by Gasteiger charge is 2.44. The van der Waals surface area contributed by atoms with Gasteiger partial charge in [-0.1, -0.05) is 13.8 Å². The fourth-order valence-corrected chi connectivity index (χ4v) is 1.86. The summed E-state index contributed by atoms with van der Waals surface area (Å²) in [4.78, 5) is 10.4. The molecule has 0 saturated carbocycles. The van der Waals surface area contributed by atoms with Crippen LogP contribution in [-0.2, 0) is 9.53 Å². The third kappa shape index (κ3) is 2.70. The molecule has 0 aromatic carbocycles. The summed E-state index contributed by atoms with van der Waals surface area (Å²) in [6.07, 6.45) is -6.27. The molecule has 0 aromatic rings. The molecule has 1 rings (SSSR count). The van der Waals surface area contributed by atoms with Crippen LogP contribution in [0.4, 0.5) is 0 Å². The van der Waals surface area contributed by atoms with Crippen LogP contribution in [0.25, 0.3) is 0 Å². The van der Waals surface area contributed by atoms with Crippen LogP contribution in [0.15, 0.2) is 0 Å². The Kier molecular flexibility index (Phi) is 4.26. The zero-order chi connectivity index (χ0) is 12.5. The Balaban J connectivity index is 2.76. The second-order valence-electron chi connectivity index (χ2n) is 4.43. The van der Waals surface area contributed by atoms with E-state index in [9.17, 15) is 25.2 Å². The zero-order valence-corrected chi connectivity index (χ0v) is 9.24. The van der Waals surface area contributed by atoms with Crippen molar-refractivity contribution in [2.75, 3.05) is 0 Å². The van der Waals surface area contributed by atoms with E-state index in [1.165, 1.54) is 0 Å². The average molecular weight is 233 g/mol. The van der Waals surface area contributed by atoms with Gasteiger partial charge < -0.3 is 30.0 Å². The van der Waals surface area contributed by atoms with Crippen LogP contribution in [0.5, 0.6) is 0 Å². The molecule has 1 saturated heterocycles. The van der Waals surface area contributed by atoms with Crippen LogP contribution < -0.4 is 5.11 Å². The summed E-state index contributed by atoms with van der Waals surface area (Å²) in [6, 6.07) is 0. The van der Waals surface area contributed by atoms with Crippen LogP contribution in [-0.4, -0.2) is 51.8 Å². The quantitative estimate of drug-likeness (QED) is 0.502. The minimum atomic E-state index is -1.41. The van der Waals surface area contributed by atoms with Crippen molar-refractivity contribution in [2.24, 2.45) is 5.92 Å². The molecule has 6 heteroatoms. The molecule has 0 bridgehead atoms. The number of rotatable bonds is 3. The molecule has 0 spiro atoms. The van der Waals surface area contributed by atoms with Gasteiger partial charge in [-0.2, -0.15) is 0 Å². The Morgan fingerprint density at radius 2 is 1.81 bits per heavy atom. The van der Waals surface area contributed by atoms with E-state index < -0.39 is 42.9 Å². The topological polar surface area (TPSA) is 110 Å². The monoisotopic (exact) mass is 233 g/mol. The second-order valence-corrected chi connectivity index (χ2v) is 4.43. The Bertz CT molecular complexity index is 254. The van der Waals surface area contributed by atoms with Gasteiger partial charge in [-0.25, -0.2) is 0 Å². The van der Waals surface area contributed by atoms with E-state index in [4.69, 9.17) is 4.74 Å². The highest BCUT2D eigenvalue weighted by atomic mass is 16.5. The summed E-state index contributed by atoms with van der Waals surface area (Å²) < 4.78 is 5.27. The van der Waals surface area contributed by atoms with Crippen LogP contribution in [0.3, 0.4) is 0 Å². The van der Waals surface area contributed by atoms with E-state index in [2.05, 4.69) is 0 Å². The van der Waals surface area contributed by atoms with Gasteiger partial charge >= 0.3 is 0 Å². The third-order valence-corrected chi connectivity index (χ3v) is 2.77. The molecule has 5 atom stereocenters. The van der Waals surface area contributed by atoms with E-state index in [0.717, 1.165) is 0 Å². The van der Waals surface area contributed by atoms with Crippen molar-refractivity contribution in [3.8, 4) is 0 Å². The van der Waals surface area contributed by atoms with E-state index in [0.29, 0.717) is 0 Å². The first kappa shape index (κ1) is 13.4. The third-order valence-electron chi connectivity index (χ3n) is 2.77. The number of aliphatic hydroxyl groups excluding tert-OH is 3. The molecule has 0 aromatic heterocycles. The molecule has 1 aliphatic heterocycles. The lowest BCUT2D eigenvalue weighted by atomic mass is 9.88. The number of carboxylic acid groups (broad SMARTS) is 1. The number of aliphatic hydroxyl groups is 3. The van der Waals surface area contributed by atoms with Crippen molar-refractivity contribution >= 4 is 5.97 Å². The number of hydrogen-bond donors (Lipinski definition) is 3. The van der Waals surface area contributed by atoms with Gasteiger partial charge in [-0.05, 0) is 5.92 Å². The number of carboxylic acids is 1. The highest BCUT2D eigenvalue weighted by Crippen LogP contribution is 2.27. The number of ether oxygens (including phenoxy) is 1. The summed E-state index contributed by atoms with van der Waals surface area (Å²) in [7, 11) is 0. The first-order valence-corrected chi connectivity index (χ1v) is 5.24. The lowest BCUT2D eigenvalue weighted by Crippen LogP contribution is -2.59. The maximum absolute atomic E-state index is 10.4. The van der Waals surface area contributed by atoms with Crippen LogP contribution in [0.1, 0.15) is 20.3 Å². The van der Waals surface area contributed by atoms with Crippen molar-refractivity contribution < 1.29 is 30.0 Å². The standard InChI is InChI=1S/C10H18O6/c1-4(2)10-9(15)8(14)7(13)5(16-10)3-6(11)12/h4-5,7-10,13-15H,3H2,1-2H3,(H,11,12)/p-1/t5?,7-,8+,9?,10+/m1/s1. The number of carbonyl (C=O) groups is 1. The van der Waals surface area contributed by atoms with E-state index >= 15 is 0 Å². The number of hydrogen-bond acceptors (Lipinski definition) is 6. The molecule has 1 aliphatic rings. The van der Waals surface area contributed by atoms with Gasteiger partial charge in [0.25, 0.3) is 0 Å². The SMILES string of the molecule is CC(C)[C@@H]1OC(CC(=O)[O-])[C@@H](O)[C@H](O)C1O. The Morgan fingerprint density at radius 3 is 2.25 bits per heavy atom. The molecule has 3 N–H and O–H groups in total. The van der Waals surface area contributed by atoms with Crippen molar-refractivity contribution in [3.05, 3.63) is 0 Å². The fraction of sp³-hybridized carbons (Fsp3) is 0.900. The largest absolute Gasteiger partial charge is 0.550 e. The first-order chi connectivity index (χ1) is 7.34. The maximum Gasteiger partial charge on any atom is 0.111 e. The van der Waals surface area contributed by atoms with Gasteiger partial charge in [0.1, 0.15) is 18.3 Å². The molecule has 1 heterocycles. The average Bonchev–Trinajstić information content (AvgIpc) is 2.18. The van der Waals surface area contributed by atoms with E-state index in [1.807, 2.05) is 0 Å². The van der Waals surface area contributed by atoms with Crippen molar-refractivity contribution in [2.45, 2.75) is 50.8 Å². The zero-order valence-electron chi connectivity index (χ0n) is 9.24. The highest BCUT2D eigenvalue weighted by molar-refractivity contribution is 5.65. The van der Waals surface area contributed by atoms with Gasteiger partial charge in [0.2, 0.25) is 0 Å². The number of carbonyl (C=O) groups excluding carboxylic acids is 1. The van der Waals surface area contributed by atoms with Crippen LogP contribution in [0.2, 0.25) is 0 Å². The first-order valence-electron chi connectivity index (χ1n) is 5.24. The predicted molar refractivity (Wildman–Crippen MR) is 51.1 cm³/mol. The van der Waals surface area contributed by atoms with Crippen molar-refractivity contribution in [1.82, 2.24) is 0 Å². The normalized spacial score (nSPS) is 40.0. The summed E-state index contributed by atoms with van der Waals surface area (Å²) >= 11 is 0. The maximum atomic E-state index is 10.4. The Hall–Kier alpha value is -0.690. The van der Waals surface area contributed by atoms with Gasteiger partial charge in [-0.3, -0.25) is 0 Å². The molecule has 16 heavy (non-hydrogen) atoms. The Labute approximate surface area is 93.5 Å². The smallest absolute Gasteiger partial charge is 0.111 e. The van der Waals surface area contributed by atoms with Crippen molar-refractivity contribution in [1.29, 1.82) is 0 Å². The molecule has 0 amide bonds. The minimum Gasteiger partial charge on any atom is -0.550 e. The van der Waals surface area contributed by atoms with Crippen LogP contribution in [0, 0.1) is 5.92 Å². The molecular formula is C10H17O6-. The Morgan fingerprint density at radius 1 is 1.25 bits per heavy atom. The molecule has 0 aliphatic carbocycles. The molecule has 0 radical (unpaired) electrons. The van der Waals surface area contributed by atoms with Crippen molar-refractivity contribution in [3.63, 3.8) is 0 Å². The summed E-state index contributed by atoms with van der Waals surface area (Å²) in [5.74, 6) is -1.46. The lowest BCUT2D eigenvalue weighted by Gasteiger charge is -2.42. The molecule has 2 unspecified atom stereocenters. The van der Waals surface area contributed by atoms with E-state index in [1.54, 1.807) is 13.8 Å². The predicted octanol–water partition coefficient (Wildman–Crippen LogP) is -2.37. The lowest BCUT2D eigenvalue weighted by molar-refractivity contribution is -0.312. The molecule has 1 fully saturated rings. The van der Waals surface area contributed by atoms with Gasteiger partial charge in [0, 0.05) is 12.4 Å². The second kappa shape index (κ2) is 5.09. The fourth-order valence-electron chi connectivity index (χ4n) is 1.86. The summed E-state index contributed by atoms with van der Waals surface area (Å²) in [6.45, 7) is 3.54. The van der Waals surface area contributed by atoms with Gasteiger partial charge in [-0.15, -0.1) is 0 Å². The minimum absolute atomic E-state index is 0.0959.